The molecule has 0 N–H and O–H groups in total. The standard InChI is InChI=1S/C30H24N2O3S2/c33-25(20-15-17-23(18-16-20)35-22-11-5-2-6-12-22)19-36-30-31-28-27(24-13-7-8-14-26(24)37-28)29(34)32(30)21-9-3-1-4-10-21/h1-6,9-12,15-18H,7-8,13-14,19H2. The lowest BCUT2D eigenvalue weighted by Gasteiger charge is -2.13. The Morgan fingerprint density at radius 2 is 1.57 bits per heavy atom. The van der Waals surface area contributed by atoms with Gasteiger partial charge in [0.2, 0.25) is 0 Å². The Morgan fingerprint density at radius 1 is 0.892 bits per heavy atom. The van der Waals surface area contributed by atoms with E-state index in [1.165, 1.54) is 22.2 Å². The number of Topliss-reactive ketones (excluding diaryl/α,β-unsaturated/α-hetero) is 1. The zero-order valence-electron chi connectivity index (χ0n) is 20.1. The van der Waals surface area contributed by atoms with Crippen LogP contribution in [0, 0.1) is 0 Å². The number of thioether (sulfide) groups is 1. The number of hydrogen-bond donors (Lipinski definition) is 0. The Hall–Kier alpha value is -3.68. The van der Waals surface area contributed by atoms with Crippen molar-refractivity contribution in [1.82, 2.24) is 9.55 Å². The van der Waals surface area contributed by atoms with Crippen LogP contribution < -0.4 is 10.3 Å². The van der Waals surface area contributed by atoms with E-state index in [1.807, 2.05) is 60.7 Å². The maximum atomic E-state index is 13.8. The minimum absolute atomic E-state index is 0.0318. The summed E-state index contributed by atoms with van der Waals surface area (Å²) in [6.07, 6.45) is 4.18. The van der Waals surface area contributed by atoms with E-state index < -0.39 is 0 Å². The monoisotopic (exact) mass is 524 g/mol. The number of aromatic nitrogens is 2. The lowest BCUT2D eigenvalue weighted by atomic mass is 9.97. The molecule has 0 amide bonds. The second-order valence-corrected chi connectivity index (χ2v) is 10.9. The average Bonchev–Trinajstić information content (AvgIpc) is 3.32. The third-order valence-electron chi connectivity index (χ3n) is 6.46. The highest BCUT2D eigenvalue weighted by Crippen LogP contribution is 2.35. The second kappa shape index (κ2) is 10.4. The molecule has 5 nitrogen and oxygen atoms in total. The Labute approximate surface area is 222 Å². The van der Waals surface area contributed by atoms with Crippen molar-refractivity contribution in [2.75, 3.05) is 5.75 Å². The predicted octanol–water partition coefficient (Wildman–Crippen LogP) is 7.09. The quantitative estimate of drug-likeness (QED) is 0.129. The van der Waals surface area contributed by atoms with Gasteiger partial charge in [0, 0.05) is 10.4 Å². The highest BCUT2D eigenvalue weighted by molar-refractivity contribution is 7.99. The first-order valence-electron chi connectivity index (χ1n) is 12.3. The summed E-state index contributed by atoms with van der Waals surface area (Å²) in [4.78, 5) is 33.8. The molecule has 0 unspecified atom stereocenters. The van der Waals surface area contributed by atoms with Crippen LogP contribution in [0.3, 0.4) is 0 Å². The molecular weight excluding hydrogens is 500 g/mol. The molecule has 1 aliphatic rings. The molecule has 0 spiro atoms. The largest absolute Gasteiger partial charge is 0.457 e. The van der Waals surface area contributed by atoms with E-state index >= 15 is 0 Å². The summed E-state index contributed by atoms with van der Waals surface area (Å²) in [5.41, 5.74) is 2.47. The van der Waals surface area contributed by atoms with Gasteiger partial charge in [-0.25, -0.2) is 4.98 Å². The van der Waals surface area contributed by atoms with Crippen molar-refractivity contribution in [2.45, 2.75) is 30.8 Å². The molecule has 7 heteroatoms. The van der Waals surface area contributed by atoms with E-state index in [0.29, 0.717) is 16.5 Å². The van der Waals surface area contributed by atoms with E-state index in [-0.39, 0.29) is 17.1 Å². The molecule has 0 radical (unpaired) electrons. The molecule has 0 saturated carbocycles. The van der Waals surface area contributed by atoms with E-state index in [2.05, 4.69) is 0 Å². The van der Waals surface area contributed by atoms with Crippen molar-refractivity contribution >= 4 is 39.1 Å². The molecule has 0 aliphatic heterocycles. The number of para-hydroxylation sites is 2. The number of hydrogen-bond acceptors (Lipinski definition) is 6. The molecule has 3 aromatic carbocycles. The van der Waals surface area contributed by atoms with E-state index in [9.17, 15) is 9.59 Å². The van der Waals surface area contributed by atoms with Gasteiger partial charge in [-0.2, -0.15) is 0 Å². The number of ketones is 1. The molecule has 184 valence electrons. The molecule has 1 aliphatic carbocycles. The Kier molecular flexibility index (Phi) is 6.64. The van der Waals surface area contributed by atoms with Crippen LogP contribution in [-0.4, -0.2) is 21.1 Å². The van der Waals surface area contributed by atoms with Crippen LogP contribution in [0.25, 0.3) is 15.9 Å². The third kappa shape index (κ3) is 4.84. The molecule has 0 atom stereocenters. The second-order valence-electron chi connectivity index (χ2n) is 8.91. The van der Waals surface area contributed by atoms with Crippen LogP contribution in [0.15, 0.2) is 94.9 Å². The number of nitrogens with zero attached hydrogens (tertiary/aromatic N) is 2. The summed E-state index contributed by atoms with van der Waals surface area (Å²) < 4.78 is 7.50. The summed E-state index contributed by atoms with van der Waals surface area (Å²) in [5.74, 6) is 1.56. The van der Waals surface area contributed by atoms with Gasteiger partial charge in [0.05, 0.1) is 16.8 Å². The van der Waals surface area contributed by atoms with Crippen molar-refractivity contribution in [2.24, 2.45) is 0 Å². The zero-order valence-corrected chi connectivity index (χ0v) is 21.7. The number of fused-ring (bicyclic) bond motifs is 3. The van der Waals surface area contributed by atoms with Crippen LogP contribution in [0.2, 0.25) is 0 Å². The first-order valence-corrected chi connectivity index (χ1v) is 14.1. The summed E-state index contributed by atoms with van der Waals surface area (Å²) in [6, 6.07) is 26.2. The van der Waals surface area contributed by atoms with Gasteiger partial charge in [-0.15, -0.1) is 11.3 Å². The van der Waals surface area contributed by atoms with Gasteiger partial charge < -0.3 is 4.74 Å². The lowest BCUT2D eigenvalue weighted by molar-refractivity contribution is 0.102. The summed E-state index contributed by atoms with van der Waals surface area (Å²) in [5, 5.41) is 1.29. The SMILES string of the molecule is O=C(CSc1nc2sc3c(c2c(=O)n1-c1ccccc1)CCCC3)c1ccc(Oc2ccccc2)cc1. The van der Waals surface area contributed by atoms with Gasteiger partial charge in [0.1, 0.15) is 16.3 Å². The fourth-order valence-electron chi connectivity index (χ4n) is 4.63. The van der Waals surface area contributed by atoms with Gasteiger partial charge in [0.15, 0.2) is 10.9 Å². The minimum atomic E-state index is -0.0482. The Morgan fingerprint density at radius 3 is 2.32 bits per heavy atom. The van der Waals surface area contributed by atoms with Gasteiger partial charge in [-0.3, -0.25) is 14.2 Å². The predicted molar refractivity (Wildman–Crippen MR) is 150 cm³/mol. The summed E-state index contributed by atoms with van der Waals surface area (Å²) >= 11 is 2.93. The van der Waals surface area contributed by atoms with E-state index in [4.69, 9.17) is 9.72 Å². The third-order valence-corrected chi connectivity index (χ3v) is 8.58. The van der Waals surface area contributed by atoms with E-state index in [1.54, 1.807) is 40.2 Å². The smallest absolute Gasteiger partial charge is 0.267 e. The maximum absolute atomic E-state index is 13.8. The number of benzene rings is 3. The van der Waals surface area contributed by atoms with Crippen molar-refractivity contribution < 1.29 is 9.53 Å². The van der Waals surface area contributed by atoms with Crippen LogP contribution in [0.1, 0.15) is 33.6 Å². The van der Waals surface area contributed by atoms with Gasteiger partial charge in [-0.05, 0) is 79.8 Å². The van der Waals surface area contributed by atoms with E-state index in [0.717, 1.165) is 47.3 Å². The highest BCUT2D eigenvalue weighted by Gasteiger charge is 2.23. The molecular formula is C30H24N2O3S2. The first kappa shape index (κ1) is 23.7. The topological polar surface area (TPSA) is 61.2 Å². The molecule has 5 aromatic rings. The minimum Gasteiger partial charge on any atom is -0.457 e. The van der Waals surface area contributed by atoms with Crippen LogP contribution in [-0.2, 0) is 12.8 Å². The molecule has 0 bridgehead atoms. The Bertz CT molecular complexity index is 1630. The fraction of sp³-hybridized carbons (Fsp3) is 0.167. The fourth-order valence-corrected chi connectivity index (χ4v) is 6.84. The molecule has 0 saturated heterocycles. The normalized spacial score (nSPS) is 12.9. The maximum Gasteiger partial charge on any atom is 0.267 e. The molecule has 0 fully saturated rings. The number of rotatable bonds is 7. The number of aryl methyl sites for hydroxylation is 2. The number of thiophene rings is 1. The van der Waals surface area contributed by atoms with Crippen molar-refractivity contribution in [3.05, 3.63) is 111 Å². The molecule has 2 heterocycles. The highest BCUT2D eigenvalue weighted by atomic mass is 32.2. The Balaban J connectivity index is 1.28. The first-order chi connectivity index (χ1) is 18.2. The van der Waals surface area contributed by atoms with Crippen LogP contribution in [0.5, 0.6) is 11.5 Å². The van der Waals surface area contributed by atoms with Crippen molar-refractivity contribution in [3.63, 3.8) is 0 Å². The van der Waals surface area contributed by atoms with Crippen molar-refractivity contribution in [3.8, 4) is 17.2 Å². The lowest BCUT2D eigenvalue weighted by Crippen LogP contribution is -2.22. The van der Waals surface area contributed by atoms with Gasteiger partial charge in [-0.1, -0.05) is 48.2 Å². The number of carbonyl (C=O) groups excluding carboxylic acids is 1. The number of carbonyl (C=O) groups is 1. The zero-order chi connectivity index (χ0) is 25.2. The van der Waals surface area contributed by atoms with Crippen molar-refractivity contribution in [1.29, 1.82) is 0 Å². The molecule has 6 rings (SSSR count). The van der Waals surface area contributed by atoms with Crippen LogP contribution in [0.4, 0.5) is 0 Å². The average molecular weight is 525 g/mol. The molecule has 2 aromatic heterocycles. The summed E-state index contributed by atoms with van der Waals surface area (Å²) in [6.45, 7) is 0. The van der Waals surface area contributed by atoms with Gasteiger partial charge >= 0.3 is 0 Å². The van der Waals surface area contributed by atoms with Crippen LogP contribution >= 0.6 is 23.1 Å². The molecule has 37 heavy (non-hydrogen) atoms. The summed E-state index contributed by atoms with van der Waals surface area (Å²) in [7, 11) is 0. The number of ether oxygens (including phenoxy) is 1. The van der Waals surface area contributed by atoms with Gasteiger partial charge in [0.25, 0.3) is 5.56 Å².